The molecule has 1 aromatic rings. The second kappa shape index (κ2) is 13.1. The number of nitrogens with zero attached hydrogens (tertiary/aromatic N) is 3. The van der Waals surface area contributed by atoms with Crippen molar-refractivity contribution in [3.05, 3.63) is 47.0 Å². The molecule has 1 saturated heterocycles. The van der Waals surface area contributed by atoms with Crippen molar-refractivity contribution in [1.82, 2.24) is 9.21 Å². The topological polar surface area (TPSA) is 108 Å². The van der Waals surface area contributed by atoms with Gasteiger partial charge in [-0.15, -0.1) is 0 Å². The Labute approximate surface area is 211 Å². The minimum atomic E-state index is -3.27. The summed E-state index contributed by atoms with van der Waals surface area (Å²) < 4.78 is 32.8. The van der Waals surface area contributed by atoms with Gasteiger partial charge in [0.05, 0.1) is 11.4 Å². The zero-order valence-corrected chi connectivity index (χ0v) is 22.6. The molecule has 0 unspecified atom stereocenters. The number of carbonyl (C=O) groups is 1. The van der Waals surface area contributed by atoms with Gasteiger partial charge in [0.2, 0.25) is 10.0 Å². The summed E-state index contributed by atoms with van der Waals surface area (Å²) in [7, 11) is -3.27. The molecule has 0 aromatic heterocycles. The monoisotopic (exact) mass is 557 g/mol. The largest absolute Gasteiger partial charge is 0.449 e. The second-order valence-corrected chi connectivity index (χ2v) is 11.0. The number of anilines is 2. The number of carbonyl (C=O) groups excluding carboxylic acids is 1. The fraction of sp³-hybridized carbons (Fsp3) is 0.522. The van der Waals surface area contributed by atoms with Gasteiger partial charge in [0, 0.05) is 41.9 Å². The first-order valence-corrected chi connectivity index (χ1v) is 13.8. The maximum Gasteiger partial charge on any atom is 0.254 e. The van der Waals surface area contributed by atoms with Gasteiger partial charge in [0.25, 0.3) is 5.91 Å². The molecule has 0 aliphatic carbocycles. The van der Waals surface area contributed by atoms with Crippen molar-refractivity contribution in [2.75, 3.05) is 61.8 Å². The molecule has 9 nitrogen and oxygen atoms in total. The third-order valence-electron chi connectivity index (χ3n) is 5.71. The van der Waals surface area contributed by atoms with Crippen LogP contribution in [0.3, 0.4) is 0 Å². The average molecular weight is 559 g/mol. The summed E-state index contributed by atoms with van der Waals surface area (Å²) in [5.74, 6) is -0.161. The van der Waals surface area contributed by atoms with E-state index in [2.05, 4.69) is 51.5 Å². The highest BCUT2D eigenvalue weighted by Gasteiger charge is 2.27. The van der Waals surface area contributed by atoms with Gasteiger partial charge in [-0.25, -0.2) is 8.42 Å². The minimum absolute atomic E-state index is 0.000348. The number of nitrogens with two attached hydrogens (primary N) is 1. The summed E-state index contributed by atoms with van der Waals surface area (Å²) in [4.78, 5) is 16.8. The number of ether oxygens (including phenoxy) is 1. The number of amides is 1. The molecule has 2 rings (SSSR count). The highest BCUT2D eigenvalue weighted by molar-refractivity contribution is 9.10. The molecule has 34 heavy (non-hydrogen) atoms. The molecule has 1 heterocycles. The van der Waals surface area contributed by atoms with E-state index in [0.717, 1.165) is 29.8 Å². The predicted molar refractivity (Wildman–Crippen MR) is 141 cm³/mol. The Balaban J connectivity index is 1.97. The molecule has 0 radical (unpaired) electrons. The molecule has 1 aliphatic rings. The number of halogens is 1. The number of hydrogen-bond acceptors (Lipinski definition) is 7. The maximum absolute atomic E-state index is 12.8. The third kappa shape index (κ3) is 8.30. The van der Waals surface area contributed by atoms with Crippen LogP contribution in [0.25, 0.3) is 0 Å². The lowest BCUT2D eigenvalue weighted by Gasteiger charge is -2.35. The standard InChI is InChI=1S/C23H36BrN5O4S/c1-5-27(6-2)10-7-15-34(31,32)29-13-11-28(12-14-29)20-8-9-21(24)22(16-20)26-23(30)18(3)17-33-19(4)25/h8-9,16-17H,4-7,10-15,25H2,1-3H3,(H,26,30)/b18-17+. The molecule has 3 N–H and O–H groups in total. The van der Waals surface area contributed by atoms with Crippen LogP contribution < -0.4 is 16.0 Å². The first-order valence-electron chi connectivity index (χ1n) is 11.4. The summed E-state index contributed by atoms with van der Waals surface area (Å²) >= 11 is 3.47. The summed E-state index contributed by atoms with van der Waals surface area (Å²) in [6.45, 7) is 13.9. The van der Waals surface area contributed by atoms with Crippen molar-refractivity contribution in [3.63, 3.8) is 0 Å². The molecular formula is C23H36BrN5O4S. The summed E-state index contributed by atoms with van der Waals surface area (Å²) in [5.41, 5.74) is 7.20. The van der Waals surface area contributed by atoms with E-state index in [-0.39, 0.29) is 17.5 Å². The zero-order chi connectivity index (χ0) is 25.3. The molecule has 0 saturated carbocycles. The van der Waals surface area contributed by atoms with Crippen LogP contribution >= 0.6 is 15.9 Å². The van der Waals surface area contributed by atoms with Gasteiger partial charge >= 0.3 is 0 Å². The number of rotatable bonds is 12. The van der Waals surface area contributed by atoms with Crippen LogP contribution in [0.2, 0.25) is 0 Å². The van der Waals surface area contributed by atoms with Gasteiger partial charge < -0.3 is 25.6 Å². The first-order chi connectivity index (χ1) is 16.1. The van der Waals surface area contributed by atoms with E-state index in [1.54, 1.807) is 11.2 Å². The number of hydrogen-bond donors (Lipinski definition) is 2. The Morgan fingerprint density at radius 1 is 1.26 bits per heavy atom. The van der Waals surface area contributed by atoms with E-state index < -0.39 is 10.0 Å². The van der Waals surface area contributed by atoms with Crippen molar-refractivity contribution in [2.45, 2.75) is 27.2 Å². The summed E-state index contributed by atoms with van der Waals surface area (Å²) in [5, 5.41) is 2.85. The number of nitrogens with one attached hydrogen (secondary N) is 1. The third-order valence-corrected chi connectivity index (χ3v) is 8.36. The Bertz CT molecular complexity index is 987. The fourth-order valence-electron chi connectivity index (χ4n) is 3.61. The Hall–Kier alpha value is -2.08. The van der Waals surface area contributed by atoms with Gasteiger partial charge in [-0.05, 0) is 73.7 Å². The van der Waals surface area contributed by atoms with Crippen LogP contribution in [0.5, 0.6) is 0 Å². The average Bonchev–Trinajstić information content (AvgIpc) is 2.81. The van der Waals surface area contributed by atoms with Crippen LogP contribution in [0.15, 0.2) is 47.0 Å². The Morgan fingerprint density at radius 2 is 1.91 bits per heavy atom. The normalized spacial score (nSPS) is 15.4. The van der Waals surface area contributed by atoms with Gasteiger partial charge in [-0.2, -0.15) is 4.31 Å². The lowest BCUT2D eigenvalue weighted by molar-refractivity contribution is -0.112. The van der Waals surface area contributed by atoms with E-state index >= 15 is 0 Å². The molecule has 0 spiro atoms. The van der Waals surface area contributed by atoms with Gasteiger partial charge in [0.15, 0.2) is 5.88 Å². The van der Waals surface area contributed by atoms with Crippen molar-refractivity contribution in [2.24, 2.45) is 5.73 Å². The molecule has 1 aliphatic heterocycles. The minimum Gasteiger partial charge on any atom is -0.449 e. The Kier molecular flexibility index (Phi) is 10.9. The molecule has 190 valence electrons. The van der Waals surface area contributed by atoms with Gasteiger partial charge in [-0.1, -0.05) is 13.8 Å². The van der Waals surface area contributed by atoms with E-state index in [1.165, 1.54) is 6.26 Å². The predicted octanol–water partition coefficient (Wildman–Crippen LogP) is 2.92. The molecule has 1 aromatic carbocycles. The van der Waals surface area contributed by atoms with E-state index in [4.69, 9.17) is 10.5 Å². The van der Waals surface area contributed by atoms with Crippen LogP contribution in [-0.4, -0.2) is 75.1 Å². The fourth-order valence-corrected chi connectivity index (χ4v) is 5.43. The molecule has 0 atom stereocenters. The van der Waals surface area contributed by atoms with E-state index in [1.807, 2.05) is 18.2 Å². The van der Waals surface area contributed by atoms with E-state index in [9.17, 15) is 13.2 Å². The Morgan fingerprint density at radius 3 is 2.50 bits per heavy atom. The van der Waals surface area contributed by atoms with Crippen LogP contribution in [0, 0.1) is 0 Å². The highest BCUT2D eigenvalue weighted by atomic mass is 79.9. The number of benzene rings is 1. The first kappa shape index (κ1) is 28.2. The van der Waals surface area contributed by atoms with Crippen molar-refractivity contribution in [3.8, 4) is 0 Å². The molecule has 11 heteroatoms. The van der Waals surface area contributed by atoms with Crippen molar-refractivity contribution in [1.29, 1.82) is 0 Å². The SMILES string of the molecule is C=C(N)O/C=C(\C)C(=O)Nc1cc(N2CCN(S(=O)(=O)CCCN(CC)CC)CC2)ccc1Br. The quantitative estimate of drug-likeness (QED) is 0.300. The maximum atomic E-state index is 12.8. The second-order valence-electron chi connectivity index (χ2n) is 8.09. The lowest BCUT2D eigenvalue weighted by Crippen LogP contribution is -2.49. The van der Waals surface area contributed by atoms with Gasteiger partial charge in [-0.3, -0.25) is 4.79 Å². The smallest absolute Gasteiger partial charge is 0.254 e. The van der Waals surface area contributed by atoms with E-state index in [0.29, 0.717) is 43.9 Å². The molecular weight excluding hydrogens is 522 g/mol. The van der Waals surface area contributed by atoms with Crippen LogP contribution in [-0.2, 0) is 19.6 Å². The zero-order valence-electron chi connectivity index (χ0n) is 20.2. The molecule has 1 fully saturated rings. The van der Waals surface area contributed by atoms with Crippen molar-refractivity contribution >= 4 is 43.2 Å². The summed E-state index contributed by atoms with van der Waals surface area (Å²) in [6, 6.07) is 5.67. The highest BCUT2D eigenvalue weighted by Crippen LogP contribution is 2.29. The lowest BCUT2D eigenvalue weighted by atomic mass is 10.2. The summed E-state index contributed by atoms with van der Waals surface area (Å²) in [6.07, 6.45) is 1.88. The van der Waals surface area contributed by atoms with Gasteiger partial charge in [0.1, 0.15) is 6.26 Å². The van der Waals surface area contributed by atoms with Crippen molar-refractivity contribution < 1.29 is 17.9 Å². The number of piperazine rings is 1. The molecule has 1 amide bonds. The van der Waals surface area contributed by atoms with Crippen LogP contribution in [0.1, 0.15) is 27.2 Å². The number of sulfonamides is 1. The van der Waals surface area contributed by atoms with Crippen LogP contribution in [0.4, 0.5) is 11.4 Å². The molecule has 0 bridgehead atoms.